The van der Waals surface area contributed by atoms with Gasteiger partial charge in [0.15, 0.2) is 0 Å². The maximum atomic E-state index is 12.2. The van der Waals surface area contributed by atoms with E-state index in [4.69, 9.17) is 21.1 Å². The van der Waals surface area contributed by atoms with Gasteiger partial charge in [0.05, 0.1) is 24.4 Å². The zero-order chi connectivity index (χ0) is 23.5. The van der Waals surface area contributed by atoms with Crippen LogP contribution in [0.15, 0.2) is 36.7 Å². The lowest BCUT2D eigenvalue weighted by molar-refractivity contribution is -0.115. The number of benzene rings is 1. The Morgan fingerprint density at radius 2 is 2.00 bits per heavy atom. The van der Waals surface area contributed by atoms with Gasteiger partial charge in [0.1, 0.15) is 23.5 Å². The predicted octanol–water partition coefficient (Wildman–Crippen LogP) is 3.62. The molecule has 32 heavy (non-hydrogen) atoms. The molecule has 2 aromatic heterocycles. The van der Waals surface area contributed by atoms with Gasteiger partial charge in [-0.05, 0) is 44.5 Å². The smallest absolute Gasteiger partial charge is 0.408 e. The molecule has 9 nitrogen and oxygen atoms in total. The fourth-order valence-electron chi connectivity index (χ4n) is 2.98. The molecule has 0 bridgehead atoms. The fraction of sp³-hybridized carbons (Fsp3) is 0.318. The number of hydrogen-bond acceptors (Lipinski definition) is 6. The third-order valence-electron chi connectivity index (χ3n) is 4.36. The lowest BCUT2D eigenvalue weighted by Crippen LogP contribution is -2.37. The number of aliphatic hydroxyl groups is 1. The number of carbonyl (C=O) groups excluding carboxylic acids is 2. The van der Waals surface area contributed by atoms with Gasteiger partial charge in [0.2, 0.25) is 5.91 Å². The van der Waals surface area contributed by atoms with Crippen LogP contribution in [0.2, 0.25) is 5.02 Å². The van der Waals surface area contributed by atoms with Crippen LogP contribution in [-0.2, 0) is 16.1 Å². The molecule has 3 aromatic rings. The minimum absolute atomic E-state index is 0.206. The number of nitrogens with one attached hydrogen (secondary N) is 2. The molecular formula is C22H25ClN4O5. The number of carbonyl (C=O) groups is 2. The minimum Gasteiger partial charge on any atom is -0.495 e. The van der Waals surface area contributed by atoms with Crippen LogP contribution in [0.5, 0.6) is 5.75 Å². The molecule has 0 saturated carbocycles. The Morgan fingerprint density at radius 3 is 2.66 bits per heavy atom. The normalized spacial score (nSPS) is 11.3. The van der Waals surface area contributed by atoms with Gasteiger partial charge in [0.25, 0.3) is 0 Å². The van der Waals surface area contributed by atoms with Crippen molar-refractivity contribution in [2.24, 2.45) is 0 Å². The lowest BCUT2D eigenvalue weighted by Gasteiger charge is -2.19. The zero-order valence-electron chi connectivity index (χ0n) is 18.2. The molecule has 3 rings (SSSR count). The summed E-state index contributed by atoms with van der Waals surface area (Å²) in [5.41, 5.74) is 2.35. The van der Waals surface area contributed by atoms with Gasteiger partial charge in [-0.15, -0.1) is 0 Å². The van der Waals surface area contributed by atoms with Crippen molar-refractivity contribution in [3.63, 3.8) is 0 Å². The van der Waals surface area contributed by atoms with Crippen molar-refractivity contribution >= 4 is 34.9 Å². The SMILES string of the molecule is COc1cc(CO)c(-c2cn3ccc(NC(=O)CNC(=O)OC(C)(C)C)cc3n2)cc1Cl. The number of aliphatic hydroxyl groups excluding tert-OH is 1. The third kappa shape index (κ3) is 5.68. The van der Waals surface area contributed by atoms with Crippen molar-refractivity contribution in [3.05, 3.63) is 47.2 Å². The van der Waals surface area contributed by atoms with Crippen molar-refractivity contribution in [3.8, 4) is 17.0 Å². The summed E-state index contributed by atoms with van der Waals surface area (Å²) in [4.78, 5) is 28.4. The molecule has 3 N–H and O–H groups in total. The highest BCUT2D eigenvalue weighted by molar-refractivity contribution is 6.32. The number of imidazole rings is 1. The van der Waals surface area contributed by atoms with Gasteiger partial charge >= 0.3 is 6.09 Å². The highest BCUT2D eigenvalue weighted by atomic mass is 35.5. The first-order valence-corrected chi connectivity index (χ1v) is 10.2. The molecule has 0 fully saturated rings. The minimum atomic E-state index is -0.668. The number of amides is 2. The van der Waals surface area contributed by atoms with Crippen molar-refractivity contribution in [1.82, 2.24) is 14.7 Å². The van der Waals surface area contributed by atoms with Crippen LogP contribution in [0, 0.1) is 0 Å². The van der Waals surface area contributed by atoms with Crippen LogP contribution in [0.25, 0.3) is 16.9 Å². The largest absolute Gasteiger partial charge is 0.495 e. The highest BCUT2D eigenvalue weighted by Gasteiger charge is 2.17. The van der Waals surface area contributed by atoms with E-state index in [0.29, 0.717) is 38.9 Å². The molecule has 0 radical (unpaired) electrons. The lowest BCUT2D eigenvalue weighted by atomic mass is 10.1. The van der Waals surface area contributed by atoms with Gasteiger partial charge in [-0.1, -0.05) is 11.6 Å². The second-order valence-electron chi connectivity index (χ2n) is 8.01. The number of alkyl carbamates (subject to hydrolysis) is 1. The van der Waals surface area contributed by atoms with Crippen molar-refractivity contribution < 1.29 is 24.2 Å². The first-order valence-electron chi connectivity index (χ1n) is 9.82. The topological polar surface area (TPSA) is 114 Å². The maximum absolute atomic E-state index is 12.2. The van der Waals surface area contributed by atoms with E-state index in [9.17, 15) is 14.7 Å². The highest BCUT2D eigenvalue weighted by Crippen LogP contribution is 2.34. The maximum Gasteiger partial charge on any atom is 0.408 e. The number of fused-ring (bicyclic) bond motifs is 1. The summed E-state index contributed by atoms with van der Waals surface area (Å²) in [5, 5.41) is 15.3. The number of halogens is 1. The van der Waals surface area contributed by atoms with Crippen LogP contribution < -0.4 is 15.4 Å². The second-order valence-corrected chi connectivity index (χ2v) is 8.42. The fourth-order valence-corrected chi connectivity index (χ4v) is 3.22. The standard InChI is InChI=1S/C22H25ClN4O5/c1-22(2,3)32-21(30)24-10-20(29)25-14-5-6-27-11-17(26-19(27)8-14)15-9-16(23)18(31-4)7-13(15)12-28/h5-9,11,28H,10,12H2,1-4H3,(H,24,30)(H,25,29). The second kappa shape index (κ2) is 9.46. The number of hydrogen-bond donors (Lipinski definition) is 3. The van der Waals surface area contributed by atoms with E-state index in [1.807, 2.05) is 0 Å². The van der Waals surface area contributed by atoms with Crippen molar-refractivity contribution in [2.45, 2.75) is 33.0 Å². The number of nitrogens with zero attached hydrogens (tertiary/aromatic N) is 2. The van der Waals surface area contributed by atoms with Gasteiger partial charge in [-0.3, -0.25) is 4.79 Å². The molecule has 10 heteroatoms. The van der Waals surface area contributed by atoms with E-state index in [2.05, 4.69) is 15.6 Å². The molecule has 0 aliphatic carbocycles. The van der Waals surface area contributed by atoms with Gasteiger partial charge < -0.3 is 29.6 Å². The Bertz CT molecular complexity index is 1150. The predicted molar refractivity (Wildman–Crippen MR) is 121 cm³/mol. The van der Waals surface area contributed by atoms with Crippen LogP contribution >= 0.6 is 11.6 Å². The van der Waals surface area contributed by atoms with E-state index in [0.717, 1.165) is 0 Å². The van der Waals surface area contributed by atoms with E-state index in [1.165, 1.54) is 7.11 Å². The van der Waals surface area contributed by atoms with Crippen LogP contribution in [0.4, 0.5) is 10.5 Å². The molecule has 0 spiro atoms. The Balaban J connectivity index is 1.75. The average molecular weight is 461 g/mol. The average Bonchev–Trinajstić information content (AvgIpc) is 3.14. The molecule has 0 unspecified atom stereocenters. The van der Waals surface area contributed by atoms with E-state index >= 15 is 0 Å². The number of pyridine rings is 1. The molecule has 2 heterocycles. The number of methoxy groups -OCH3 is 1. The van der Waals surface area contributed by atoms with Gasteiger partial charge in [-0.25, -0.2) is 9.78 Å². The first kappa shape index (κ1) is 23.4. The summed E-state index contributed by atoms with van der Waals surface area (Å²) in [6, 6.07) is 6.76. The Kier molecular flexibility index (Phi) is 6.90. The molecule has 0 saturated heterocycles. The van der Waals surface area contributed by atoms with Gasteiger partial charge in [0, 0.05) is 29.7 Å². The summed E-state index contributed by atoms with van der Waals surface area (Å²) >= 11 is 6.25. The number of anilines is 1. The Labute approximate surface area is 190 Å². The van der Waals surface area contributed by atoms with Crippen LogP contribution in [-0.4, -0.2) is 45.7 Å². The van der Waals surface area contributed by atoms with E-state index in [1.54, 1.807) is 61.8 Å². The molecule has 0 aliphatic heterocycles. The Morgan fingerprint density at radius 1 is 1.25 bits per heavy atom. The number of ether oxygens (including phenoxy) is 2. The molecular weight excluding hydrogens is 436 g/mol. The van der Waals surface area contributed by atoms with Crippen LogP contribution in [0.1, 0.15) is 26.3 Å². The summed E-state index contributed by atoms with van der Waals surface area (Å²) in [5.74, 6) is 0.0599. The number of aromatic nitrogens is 2. The van der Waals surface area contributed by atoms with E-state index in [-0.39, 0.29) is 13.2 Å². The number of rotatable bonds is 6. The van der Waals surface area contributed by atoms with Crippen molar-refractivity contribution in [2.75, 3.05) is 19.0 Å². The molecule has 0 aliphatic rings. The summed E-state index contributed by atoms with van der Waals surface area (Å²) in [6.07, 6.45) is 2.87. The van der Waals surface area contributed by atoms with Crippen LogP contribution in [0.3, 0.4) is 0 Å². The molecule has 1 aromatic carbocycles. The quantitative estimate of drug-likeness (QED) is 0.517. The monoisotopic (exact) mass is 460 g/mol. The summed E-state index contributed by atoms with van der Waals surface area (Å²) < 4.78 is 12.1. The van der Waals surface area contributed by atoms with Crippen molar-refractivity contribution in [1.29, 1.82) is 0 Å². The molecule has 0 atom stereocenters. The molecule has 2 amide bonds. The summed E-state index contributed by atoms with van der Waals surface area (Å²) in [7, 11) is 1.51. The first-order chi connectivity index (χ1) is 15.1. The zero-order valence-corrected chi connectivity index (χ0v) is 19.0. The Hall–Kier alpha value is -3.30. The van der Waals surface area contributed by atoms with Gasteiger partial charge in [-0.2, -0.15) is 0 Å². The third-order valence-corrected chi connectivity index (χ3v) is 4.66. The molecule has 170 valence electrons. The summed E-state index contributed by atoms with van der Waals surface area (Å²) in [6.45, 7) is 4.78. The van der Waals surface area contributed by atoms with E-state index < -0.39 is 17.6 Å².